The summed E-state index contributed by atoms with van der Waals surface area (Å²) in [7, 11) is 0. The Kier molecular flexibility index (Phi) is 3.90. The molecule has 1 nitrogen and oxygen atoms in total. The van der Waals surface area contributed by atoms with Crippen molar-refractivity contribution in [1.29, 1.82) is 0 Å². The van der Waals surface area contributed by atoms with E-state index < -0.39 is 0 Å². The van der Waals surface area contributed by atoms with Gasteiger partial charge in [0.2, 0.25) is 0 Å². The van der Waals surface area contributed by atoms with Crippen LogP contribution in [0.3, 0.4) is 0 Å². The van der Waals surface area contributed by atoms with Crippen molar-refractivity contribution in [2.24, 2.45) is 5.92 Å². The Hall–Kier alpha value is 0.690. The van der Waals surface area contributed by atoms with E-state index in [2.05, 4.69) is 10.0 Å². The van der Waals surface area contributed by atoms with Gasteiger partial charge in [-0.25, -0.2) is 0 Å². The average Bonchev–Trinajstić information content (AvgIpc) is 2.19. The van der Waals surface area contributed by atoms with Crippen LogP contribution in [0.1, 0.15) is 45.4 Å². The van der Waals surface area contributed by atoms with E-state index in [1.165, 1.54) is 49.5 Å². The maximum atomic E-state index is 2.88. The quantitative estimate of drug-likeness (QED) is 0.383. The van der Waals surface area contributed by atoms with Crippen molar-refractivity contribution >= 4 is 0 Å². The van der Waals surface area contributed by atoms with Gasteiger partial charge in [-0.3, -0.25) is 0 Å². The summed E-state index contributed by atoms with van der Waals surface area (Å²) >= 11 is 0.394. The van der Waals surface area contributed by atoms with Crippen molar-refractivity contribution in [1.82, 2.24) is 3.11 Å². The Labute approximate surface area is 92.9 Å². The van der Waals surface area contributed by atoms with Crippen LogP contribution < -0.4 is 21.5 Å². The summed E-state index contributed by atoms with van der Waals surface area (Å²) in [6.07, 6.45) is 9.10. The van der Waals surface area contributed by atoms with E-state index in [1.807, 2.05) is 0 Å². The molecule has 2 unspecified atom stereocenters. The van der Waals surface area contributed by atoms with E-state index >= 15 is 0 Å². The third-order valence-electron chi connectivity index (χ3n) is 3.45. The molecule has 2 atom stereocenters. The van der Waals surface area contributed by atoms with Crippen LogP contribution in [0.5, 0.6) is 0 Å². The summed E-state index contributed by atoms with van der Waals surface area (Å²) < 4.78 is 4.33. The average molecular weight is 294 g/mol. The van der Waals surface area contributed by atoms with Crippen LogP contribution in [-0.4, -0.2) is 20.1 Å². The van der Waals surface area contributed by atoms with Crippen LogP contribution in [0.15, 0.2) is 0 Å². The molecule has 78 valence electrons. The zero-order chi connectivity index (χ0) is 9.10. The molecular formula is C11H21IN-. The summed E-state index contributed by atoms with van der Waals surface area (Å²) in [5, 5.41) is 0. The fourth-order valence-corrected chi connectivity index (χ4v) is 5.66. The molecule has 1 saturated heterocycles. The van der Waals surface area contributed by atoms with Gasteiger partial charge in [-0.05, 0) is 0 Å². The monoisotopic (exact) mass is 294 g/mol. The van der Waals surface area contributed by atoms with Crippen LogP contribution in [0.4, 0.5) is 0 Å². The van der Waals surface area contributed by atoms with Crippen LogP contribution in [0.2, 0.25) is 0 Å². The molecule has 2 fully saturated rings. The van der Waals surface area contributed by atoms with E-state index in [1.54, 1.807) is 0 Å². The molecule has 0 radical (unpaired) electrons. The maximum absolute atomic E-state index is 2.88. The first-order valence-electron chi connectivity index (χ1n) is 5.78. The molecular weight excluding hydrogens is 273 g/mol. The predicted molar refractivity (Wildman–Crippen MR) is 52.2 cm³/mol. The molecule has 0 aromatic rings. The van der Waals surface area contributed by atoms with Gasteiger partial charge < -0.3 is 0 Å². The molecule has 1 saturated carbocycles. The number of hydrogen-bond donors (Lipinski definition) is 0. The Morgan fingerprint density at radius 1 is 1.15 bits per heavy atom. The predicted octanol–water partition coefficient (Wildman–Crippen LogP) is -0.335. The normalized spacial score (nSPS) is 36.1. The number of nitrogens with zero attached hydrogens (tertiary/aromatic N) is 1. The molecule has 13 heavy (non-hydrogen) atoms. The molecule has 0 aromatic carbocycles. The van der Waals surface area contributed by atoms with Gasteiger partial charge in [-0.15, -0.1) is 0 Å². The second-order valence-electron chi connectivity index (χ2n) is 4.26. The fourth-order valence-electron chi connectivity index (χ4n) is 2.87. The number of halogens is 1. The molecule has 0 bridgehead atoms. The topological polar surface area (TPSA) is 3.24 Å². The Morgan fingerprint density at radius 3 is 2.77 bits per heavy atom. The molecule has 1 heterocycles. The molecule has 2 heteroatoms. The zero-order valence-electron chi connectivity index (χ0n) is 8.64. The van der Waals surface area contributed by atoms with Gasteiger partial charge in [0.15, 0.2) is 0 Å². The minimum absolute atomic E-state index is 0.394. The van der Waals surface area contributed by atoms with Crippen molar-refractivity contribution < 1.29 is 21.5 Å². The molecule has 0 aromatic heterocycles. The van der Waals surface area contributed by atoms with Crippen LogP contribution in [0, 0.1) is 5.92 Å². The van der Waals surface area contributed by atoms with Crippen LogP contribution in [-0.2, 0) is 0 Å². The van der Waals surface area contributed by atoms with Gasteiger partial charge in [0.25, 0.3) is 0 Å². The molecule has 2 rings (SSSR count). The zero-order valence-corrected chi connectivity index (χ0v) is 10.8. The van der Waals surface area contributed by atoms with Crippen molar-refractivity contribution in [3.63, 3.8) is 0 Å². The number of hydrogen-bond acceptors (Lipinski definition) is 1. The van der Waals surface area contributed by atoms with Gasteiger partial charge in [-0.1, -0.05) is 0 Å². The van der Waals surface area contributed by atoms with Crippen molar-refractivity contribution in [2.75, 3.05) is 11.0 Å². The third kappa shape index (κ3) is 2.38. The van der Waals surface area contributed by atoms with E-state index in [4.69, 9.17) is 0 Å². The van der Waals surface area contributed by atoms with E-state index in [-0.39, 0.29) is 0 Å². The molecule has 1 aliphatic carbocycles. The van der Waals surface area contributed by atoms with Crippen molar-refractivity contribution in [3.8, 4) is 0 Å². The van der Waals surface area contributed by atoms with Gasteiger partial charge in [0, 0.05) is 0 Å². The fraction of sp³-hybridized carbons (Fsp3) is 1.00. The standard InChI is InChI=1S/C11H21IN/c1-2-12-13-9-5-7-10-6-3-4-8-11(10)13/h10-11H,2-9H2,1H3/q-1. The summed E-state index contributed by atoms with van der Waals surface area (Å²) in [5.74, 6) is 1.09. The first-order valence-corrected chi connectivity index (χ1v) is 8.27. The van der Waals surface area contributed by atoms with E-state index in [0.29, 0.717) is 21.5 Å². The summed E-state index contributed by atoms with van der Waals surface area (Å²) in [6, 6.07) is 1.02. The van der Waals surface area contributed by atoms with Crippen molar-refractivity contribution in [2.45, 2.75) is 51.5 Å². The number of rotatable bonds is 2. The van der Waals surface area contributed by atoms with Gasteiger partial charge in [-0.2, -0.15) is 0 Å². The Balaban J connectivity index is 1.94. The molecule has 1 aliphatic heterocycles. The Bertz CT molecular complexity index is 156. The van der Waals surface area contributed by atoms with Crippen LogP contribution in [0.25, 0.3) is 0 Å². The molecule has 0 spiro atoms. The van der Waals surface area contributed by atoms with Crippen molar-refractivity contribution in [3.05, 3.63) is 0 Å². The Morgan fingerprint density at radius 2 is 1.92 bits per heavy atom. The number of alkyl halides is 1. The summed E-state index contributed by atoms with van der Waals surface area (Å²) in [6.45, 7) is 3.79. The van der Waals surface area contributed by atoms with Gasteiger partial charge in [0.05, 0.1) is 0 Å². The van der Waals surface area contributed by atoms with E-state index in [9.17, 15) is 0 Å². The molecule has 0 N–H and O–H groups in total. The second kappa shape index (κ2) is 4.96. The number of fused-ring (bicyclic) bond motifs is 1. The third-order valence-corrected chi connectivity index (χ3v) is 6.21. The summed E-state index contributed by atoms with van der Waals surface area (Å²) in [4.78, 5) is 0. The second-order valence-corrected chi connectivity index (χ2v) is 7.71. The van der Waals surface area contributed by atoms with Crippen LogP contribution >= 0.6 is 0 Å². The number of piperidine rings is 1. The first kappa shape index (κ1) is 10.2. The van der Waals surface area contributed by atoms with E-state index in [0.717, 1.165) is 12.0 Å². The SMILES string of the molecule is CC[I-]N1CCCC2CCCCC21. The van der Waals surface area contributed by atoms with Gasteiger partial charge in [0.1, 0.15) is 0 Å². The molecule has 0 amide bonds. The first-order chi connectivity index (χ1) is 6.42. The van der Waals surface area contributed by atoms with Gasteiger partial charge >= 0.3 is 93.0 Å². The summed E-state index contributed by atoms with van der Waals surface area (Å²) in [5.41, 5.74) is 0. The molecule has 2 aliphatic rings. The minimum atomic E-state index is 0.394.